The highest BCUT2D eigenvalue weighted by Gasteiger charge is 1.82. The molecular formula is C28H66O5. The highest BCUT2D eigenvalue weighted by atomic mass is 16.5. The van der Waals surface area contributed by atoms with Crippen LogP contribution in [0.1, 0.15) is 120 Å². The summed E-state index contributed by atoms with van der Waals surface area (Å²) >= 11 is 0. The van der Waals surface area contributed by atoms with Crippen molar-refractivity contribution in [3.63, 3.8) is 0 Å². The average molecular weight is 483 g/mol. The Kier molecular flexibility index (Phi) is 75.5. The number of hydrogen-bond acceptors (Lipinski definition) is 5. The summed E-state index contributed by atoms with van der Waals surface area (Å²) in [5.74, 6) is 0. The van der Waals surface area contributed by atoms with Gasteiger partial charge in [0, 0.05) is 67.1 Å². The molecule has 0 aliphatic heterocycles. The lowest BCUT2D eigenvalue weighted by atomic mass is 10.4. The normalized spacial score (nSPS) is 9.27. The number of rotatable bonds is 18. The van der Waals surface area contributed by atoms with Gasteiger partial charge in [0.15, 0.2) is 0 Å². The predicted octanol–water partition coefficient (Wildman–Crippen LogP) is 8.33. The van der Waals surface area contributed by atoms with Gasteiger partial charge in [0.05, 0.1) is 0 Å². The van der Waals surface area contributed by atoms with Gasteiger partial charge in [0.25, 0.3) is 0 Å². The summed E-state index contributed by atoms with van der Waals surface area (Å²) in [6, 6.07) is 0. The zero-order valence-corrected chi connectivity index (χ0v) is 24.8. The standard InChI is InChI=1S/C7H16O.2C6H14O.C5H12O.C4H10O/c1-3-5-7-8-6-4-2;1-3-5-6-7-4-2;1-3-5-7-6-4-2;1-3-4-5-6-2;1-3-4-5-2/h3-7H2,1-2H3;2*3-6H2,1-2H3;3-5H2,1-2H3;3-4H2,1-2H3. The fourth-order valence-corrected chi connectivity index (χ4v) is 1.77. The van der Waals surface area contributed by atoms with Crippen molar-refractivity contribution in [2.45, 2.75) is 120 Å². The van der Waals surface area contributed by atoms with Gasteiger partial charge in [-0.25, -0.2) is 0 Å². The maximum absolute atomic E-state index is 5.22. The zero-order chi connectivity index (χ0) is 26.3. The molecule has 33 heavy (non-hydrogen) atoms. The van der Waals surface area contributed by atoms with Crippen molar-refractivity contribution in [3.8, 4) is 0 Å². The molecule has 0 aromatic carbocycles. The van der Waals surface area contributed by atoms with Crippen molar-refractivity contribution >= 4 is 0 Å². The van der Waals surface area contributed by atoms with Crippen LogP contribution in [0.25, 0.3) is 0 Å². The van der Waals surface area contributed by atoms with E-state index >= 15 is 0 Å². The van der Waals surface area contributed by atoms with Crippen molar-refractivity contribution in [1.82, 2.24) is 0 Å². The Labute approximate surface area is 210 Å². The first-order valence-corrected chi connectivity index (χ1v) is 13.8. The Morgan fingerprint density at radius 3 is 0.909 bits per heavy atom. The van der Waals surface area contributed by atoms with Gasteiger partial charge in [-0.15, -0.1) is 0 Å². The van der Waals surface area contributed by atoms with Gasteiger partial charge in [-0.3, -0.25) is 0 Å². The third-order valence-electron chi connectivity index (χ3n) is 3.64. The third kappa shape index (κ3) is 89.1. The quantitative estimate of drug-likeness (QED) is 0.184. The maximum Gasteiger partial charge on any atom is 0.0465 e. The van der Waals surface area contributed by atoms with Gasteiger partial charge in [-0.2, -0.15) is 0 Å². The third-order valence-corrected chi connectivity index (χ3v) is 3.64. The summed E-state index contributed by atoms with van der Waals surface area (Å²) in [6.07, 6.45) is 11.8. The molecule has 0 N–H and O–H groups in total. The monoisotopic (exact) mass is 482 g/mol. The molecule has 5 nitrogen and oxygen atoms in total. The zero-order valence-electron chi connectivity index (χ0n) is 24.8. The Morgan fingerprint density at radius 1 is 0.333 bits per heavy atom. The lowest BCUT2D eigenvalue weighted by Gasteiger charge is -1.97. The topological polar surface area (TPSA) is 46.2 Å². The number of methoxy groups -OCH3 is 2. The van der Waals surface area contributed by atoms with E-state index in [1.54, 1.807) is 14.2 Å². The van der Waals surface area contributed by atoms with E-state index in [-0.39, 0.29) is 0 Å². The lowest BCUT2D eigenvalue weighted by molar-refractivity contribution is 0.132. The van der Waals surface area contributed by atoms with Gasteiger partial charge < -0.3 is 23.7 Å². The molecule has 0 aliphatic carbocycles. The minimum atomic E-state index is 0.861. The Morgan fingerprint density at radius 2 is 0.667 bits per heavy atom. The summed E-state index contributed by atoms with van der Waals surface area (Å²) in [5, 5.41) is 0. The first kappa shape index (κ1) is 42.9. The molecule has 0 rings (SSSR count). The van der Waals surface area contributed by atoms with Gasteiger partial charge in [0.1, 0.15) is 0 Å². The Hall–Kier alpha value is -0.200. The molecule has 0 atom stereocenters. The van der Waals surface area contributed by atoms with E-state index < -0.39 is 0 Å². The number of hydrogen-bond donors (Lipinski definition) is 0. The van der Waals surface area contributed by atoms with Crippen LogP contribution in [0.2, 0.25) is 0 Å². The molecule has 0 aromatic heterocycles. The van der Waals surface area contributed by atoms with Gasteiger partial charge in [-0.05, 0) is 51.9 Å². The molecule has 0 amide bonds. The Balaban J connectivity index is -0.0000000998. The van der Waals surface area contributed by atoms with Gasteiger partial charge >= 0.3 is 0 Å². The largest absolute Gasteiger partial charge is 0.385 e. The lowest BCUT2D eigenvalue weighted by Crippen LogP contribution is -1.93. The van der Waals surface area contributed by atoms with Crippen molar-refractivity contribution in [1.29, 1.82) is 0 Å². The highest BCUT2D eigenvalue weighted by Crippen LogP contribution is 1.88. The molecule has 0 saturated carbocycles. The highest BCUT2D eigenvalue weighted by molar-refractivity contribution is 4.31. The van der Waals surface area contributed by atoms with E-state index in [1.165, 1.54) is 38.5 Å². The second-order valence-corrected chi connectivity index (χ2v) is 7.47. The molecule has 0 bridgehead atoms. The number of unbranched alkanes of at least 4 members (excludes halogenated alkanes) is 3. The molecule has 0 saturated heterocycles. The van der Waals surface area contributed by atoms with Gasteiger partial charge in [0.2, 0.25) is 0 Å². The van der Waals surface area contributed by atoms with E-state index in [1.807, 2.05) is 6.92 Å². The fourth-order valence-electron chi connectivity index (χ4n) is 1.77. The smallest absolute Gasteiger partial charge is 0.0465 e. The van der Waals surface area contributed by atoms with Crippen LogP contribution in [0.3, 0.4) is 0 Å². The van der Waals surface area contributed by atoms with E-state index in [2.05, 4.69) is 48.5 Å². The van der Waals surface area contributed by atoms with Crippen LogP contribution in [0.15, 0.2) is 0 Å². The second kappa shape index (κ2) is 58.0. The summed E-state index contributed by atoms with van der Waals surface area (Å²) < 4.78 is 24.9. The molecule has 0 heterocycles. The molecule has 208 valence electrons. The summed E-state index contributed by atoms with van der Waals surface area (Å²) in [4.78, 5) is 0. The van der Waals surface area contributed by atoms with Gasteiger partial charge in [-0.1, -0.05) is 67.7 Å². The molecule has 0 spiro atoms. The van der Waals surface area contributed by atoms with E-state index in [0.29, 0.717) is 0 Å². The van der Waals surface area contributed by atoms with Crippen LogP contribution >= 0.6 is 0 Å². The first-order chi connectivity index (χ1) is 16.1. The predicted molar refractivity (Wildman–Crippen MR) is 148 cm³/mol. The minimum Gasteiger partial charge on any atom is -0.385 e. The molecular weight excluding hydrogens is 416 g/mol. The van der Waals surface area contributed by atoms with Crippen molar-refractivity contribution in [3.05, 3.63) is 0 Å². The SMILES string of the molecule is CCCCOC.CCCCOCC.CCCCOCCC.CCCOC.CCCOCCC. The molecule has 0 aliphatic rings. The fraction of sp³-hybridized carbons (Fsp3) is 1.00. The van der Waals surface area contributed by atoms with Crippen LogP contribution in [0.4, 0.5) is 0 Å². The Bertz CT molecular complexity index is 198. The van der Waals surface area contributed by atoms with Crippen LogP contribution in [0.5, 0.6) is 0 Å². The second-order valence-electron chi connectivity index (χ2n) is 7.47. The van der Waals surface area contributed by atoms with E-state index in [0.717, 1.165) is 78.5 Å². The molecule has 0 unspecified atom stereocenters. The molecule has 5 heteroatoms. The van der Waals surface area contributed by atoms with Crippen LogP contribution in [-0.4, -0.2) is 67.1 Å². The van der Waals surface area contributed by atoms with E-state index in [4.69, 9.17) is 23.7 Å². The summed E-state index contributed by atoms with van der Waals surface area (Å²) in [6.45, 7) is 24.3. The van der Waals surface area contributed by atoms with Crippen LogP contribution < -0.4 is 0 Å². The maximum atomic E-state index is 5.22. The average Bonchev–Trinajstić information content (AvgIpc) is 2.83. The van der Waals surface area contributed by atoms with Crippen LogP contribution in [0, 0.1) is 0 Å². The minimum absolute atomic E-state index is 0.861. The summed E-state index contributed by atoms with van der Waals surface area (Å²) in [7, 11) is 3.44. The molecule has 0 fully saturated rings. The van der Waals surface area contributed by atoms with Crippen molar-refractivity contribution in [2.75, 3.05) is 67.1 Å². The van der Waals surface area contributed by atoms with E-state index in [9.17, 15) is 0 Å². The molecule has 0 aromatic rings. The molecule has 0 radical (unpaired) electrons. The van der Waals surface area contributed by atoms with Crippen molar-refractivity contribution in [2.24, 2.45) is 0 Å². The van der Waals surface area contributed by atoms with Crippen molar-refractivity contribution < 1.29 is 23.7 Å². The summed E-state index contributed by atoms with van der Waals surface area (Å²) in [5.41, 5.74) is 0. The van der Waals surface area contributed by atoms with Crippen LogP contribution in [-0.2, 0) is 23.7 Å². The number of ether oxygens (including phenoxy) is 5. The first-order valence-electron chi connectivity index (χ1n) is 13.8.